The Bertz CT molecular complexity index is 152. The van der Waals surface area contributed by atoms with Gasteiger partial charge < -0.3 is 14.6 Å². The van der Waals surface area contributed by atoms with Gasteiger partial charge in [-0.25, -0.2) is 0 Å². The number of rotatable bonds is 9. The lowest BCUT2D eigenvalue weighted by molar-refractivity contribution is -0.00868. The Balaban J connectivity index is 3.25. The minimum atomic E-state index is -0.365. The number of unbranched alkanes of at least 4 members (excludes halogenated alkanes) is 1. The van der Waals surface area contributed by atoms with E-state index in [-0.39, 0.29) is 11.5 Å². The van der Waals surface area contributed by atoms with E-state index in [0.29, 0.717) is 19.8 Å². The molecule has 0 aromatic heterocycles. The quantitative estimate of drug-likeness (QED) is 0.621. The van der Waals surface area contributed by atoms with Gasteiger partial charge in [-0.05, 0) is 18.3 Å². The van der Waals surface area contributed by atoms with E-state index in [1.54, 1.807) is 0 Å². The predicted octanol–water partition coefficient (Wildman–Crippen LogP) is 2.62. The third kappa shape index (κ3) is 12.0. The zero-order valence-corrected chi connectivity index (χ0v) is 11.3. The molecule has 0 rings (SSSR count). The van der Waals surface area contributed by atoms with E-state index in [9.17, 15) is 5.11 Å². The Morgan fingerprint density at radius 3 is 2.25 bits per heavy atom. The summed E-state index contributed by atoms with van der Waals surface area (Å²) in [5.41, 5.74) is 0.153. The molecule has 0 aromatic rings. The lowest BCUT2D eigenvalue weighted by atomic mass is 9.89. The van der Waals surface area contributed by atoms with E-state index in [1.807, 2.05) is 0 Å². The summed E-state index contributed by atoms with van der Waals surface area (Å²) < 4.78 is 10.7. The Kier molecular flexibility index (Phi) is 8.90. The fourth-order valence-electron chi connectivity index (χ4n) is 1.45. The number of ether oxygens (including phenoxy) is 2. The molecule has 0 aromatic carbocycles. The summed E-state index contributed by atoms with van der Waals surface area (Å²) in [6, 6.07) is 0. The molecule has 0 saturated heterocycles. The SMILES string of the molecule is CCCCOCCOCC(O)CC(C)(C)C. The molecule has 0 spiro atoms. The Morgan fingerprint density at radius 1 is 1.06 bits per heavy atom. The normalized spacial score (nSPS) is 14.1. The summed E-state index contributed by atoms with van der Waals surface area (Å²) in [6.07, 6.45) is 2.66. The van der Waals surface area contributed by atoms with Gasteiger partial charge >= 0.3 is 0 Å². The van der Waals surface area contributed by atoms with E-state index in [2.05, 4.69) is 27.7 Å². The first-order chi connectivity index (χ1) is 7.45. The van der Waals surface area contributed by atoms with Gasteiger partial charge in [0.15, 0.2) is 0 Å². The molecular formula is C13H28O3. The first-order valence-electron chi connectivity index (χ1n) is 6.29. The van der Waals surface area contributed by atoms with Gasteiger partial charge in [-0.3, -0.25) is 0 Å². The van der Waals surface area contributed by atoms with Gasteiger partial charge in [-0.15, -0.1) is 0 Å². The van der Waals surface area contributed by atoms with Crippen LogP contribution in [0.5, 0.6) is 0 Å². The van der Waals surface area contributed by atoms with Crippen LogP contribution in [-0.4, -0.2) is 37.6 Å². The number of aliphatic hydroxyl groups excluding tert-OH is 1. The largest absolute Gasteiger partial charge is 0.391 e. The van der Waals surface area contributed by atoms with Crippen molar-refractivity contribution in [3.63, 3.8) is 0 Å². The van der Waals surface area contributed by atoms with E-state index < -0.39 is 0 Å². The van der Waals surface area contributed by atoms with Crippen LogP contribution in [0.15, 0.2) is 0 Å². The second-order valence-corrected chi connectivity index (χ2v) is 5.46. The molecule has 1 N–H and O–H groups in total. The molecule has 16 heavy (non-hydrogen) atoms. The van der Waals surface area contributed by atoms with Gasteiger partial charge in [0.05, 0.1) is 25.9 Å². The molecule has 0 saturated carbocycles. The molecule has 0 aliphatic carbocycles. The highest BCUT2D eigenvalue weighted by Crippen LogP contribution is 2.20. The number of aliphatic hydroxyl groups is 1. The van der Waals surface area contributed by atoms with E-state index >= 15 is 0 Å². The molecule has 0 radical (unpaired) electrons. The average molecular weight is 232 g/mol. The van der Waals surface area contributed by atoms with Gasteiger partial charge in [0.1, 0.15) is 0 Å². The van der Waals surface area contributed by atoms with Crippen LogP contribution >= 0.6 is 0 Å². The standard InChI is InChI=1S/C13H28O3/c1-5-6-7-15-8-9-16-11-12(14)10-13(2,3)4/h12,14H,5-11H2,1-4H3. The summed E-state index contributed by atoms with van der Waals surface area (Å²) >= 11 is 0. The second-order valence-electron chi connectivity index (χ2n) is 5.46. The van der Waals surface area contributed by atoms with Crippen molar-refractivity contribution in [2.45, 2.75) is 53.1 Å². The first kappa shape index (κ1) is 15.9. The van der Waals surface area contributed by atoms with Crippen LogP contribution in [0.4, 0.5) is 0 Å². The van der Waals surface area contributed by atoms with Crippen LogP contribution < -0.4 is 0 Å². The molecule has 0 fully saturated rings. The number of hydrogen-bond donors (Lipinski definition) is 1. The van der Waals surface area contributed by atoms with E-state index in [4.69, 9.17) is 9.47 Å². The molecule has 0 heterocycles. The highest BCUT2D eigenvalue weighted by molar-refractivity contribution is 4.67. The van der Waals surface area contributed by atoms with Gasteiger partial charge in [0.2, 0.25) is 0 Å². The third-order valence-corrected chi connectivity index (χ3v) is 2.17. The van der Waals surface area contributed by atoms with Gasteiger partial charge in [0, 0.05) is 6.61 Å². The summed E-state index contributed by atoms with van der Waals surface area (Å²) in [6.45, 7) is 10.9. The van der Waals surface area contributed by atoms with Crippen molar-refractivity contribution < 1.29 is 14.6 Å². The zero-order valence-electron chi connectivity index (χ0n) is 11.3. The Morgan fingerprint density at radius 2 is 1.69 bits per heavy atom. The van der Waals surface area contributed by atoms with Crippen molar-refractivity contribution in [3.05, 3.63) is 0 Å². The fraction of sp³-hybridized carbons (Fsp3) is 1.00. The average Bonchev–Trinajstić information content (AvgIpc) is 2.13. The predicted molar refractivity (Wildman–Crippen MR) is 66.6 cm³/mol. The van der Waals surface area contributed by atoms with Crippen molar-refractivity contribution in [1.82, 2.24) is 0 Å². The molecule has 0 bridgehead atoms. The molecule has 0 aliphatic heterocycles. The zero-order chi connectivity index (χ0) is 12.4. The lowest BCUT2D eigenvalue weighted by Crippen LogP contribution is -2.23. The maximum Gasteiger partial charge on any atom is 0.0778 e. The minimum Gasteiger partial charge on any atom is -0.391 e. The fourth-order valence-corrected chi connectivity index (χ4v) is 1.45. The monoisotopic (exact) mass is 232 g/mol. The van der Waals surface area contributed by atoms with E-state index in [0.717, 1.165) is 25.9 Å². The highest BCUT2D eigenvalue weighted by atomic mass is 16.5. The summed E-state index contributed by atoms with van der Waals surface area (Å²) in [5, 5.41) is 9.66. The summed E-state index contributed by atoms with van der Waals surface area (Å²) in [5.74, 6) is 0. The third-order valence-electron chi connectivity index (χ3n) is 2.17. The molecule has 0 aliphatic rings. The molecule has 1 atom stereocenters. The Hall–Kier alpha value is -0.120. The maximum absolute atomic E-state index is 9.66. The number of hydrogen-bond acceptors (Lipinski definition) is 3. The second kappa shape index (κ2) is 8.97. The van der Waals surface area contributed by atoms with Crippen LogP contribution in [-0.2, 0) is 9.47 Å². The van der Waals surface area contributed by atoms with Crippen molar-refractivity contribution in [1.29, 1.82) is 0 Å². The van der Waals surface area contributed by atoms with Crippen LogP contribution in [0, 0.1) is 5.41 Å². The van der Waals surface area contributed by atoms with Crippen molar-refractivity contribution in [2.75, 3.05) is 26.4 Å². The molecule has 98 valence electrons. The molecule has 3 heteroatoms. The highest BCUT2D eigenvalue weighted by Gasteiger charge is 2.16. The molecular weight excluding hydrogens is 204 g/mol. The summed E-state index contributed by atoms with van der Waals surface area (Å²) in [7, 11) is 0. The maximum atomic E-state index is 9.66. The summed E-state index contributed by atoms with van der Waals surface area (Å²) in [4.78, 5) is 0. The van der Waals surface area contributed by atoms with Gasteiger partial charge in [-0.2, -0.15) is 0 Å². The lowest BCUT2D eigenvalue weighted by Gasteiger charge is -2.22. The first-order valence-corrected chi connectivity index (χ1v) is 6.29. The molecule has 3 nitrogen and oxygen atoms in total. The van der Waals surface area contributed by atoms with Gasteiger partial charge in [0.25, 0.3) is 0 Å². The van der Waals surface area contributed by atoms with Crippen molar-refractivity contribution in [3.8, 4) is 0 Å². The Labute approximate surface area is 100 Å². The topological polar surface area (TPSA) is 38.7 Å². The smallest absolute Gasteiger partial charge is 0.0778 e. The van der Waals surface area contributed by atoms with Crippen LogP contribution in [0.1, 0.15) is 47.0 Å². The van der Waals surface area contributed by atoms with Gasteiger partial charge in [-0.1, -0.05) is 34.1 Å². The van der Waals surface area contributed by atoms with Crippen LogP contribution in [0.25, 0.3) is 0 Å². The minimum absolute atomic E-state index is 0.153. The van der Waals surface area contributed by atoms with Crippen molar-refractivity contribution in [2.24, 2.45) is 5.41 Å². The van der Waals surface area contributed by atoms with Crippen LogP contribution in [0.3, 0.4) is 0 Å². The molecule has 1 unspecified atom stereocenters. The van der Waals surface area contributed by atoms with Crippen molar-refractivity contribution >= 4 is 0 Å². The molecule has 0 amide bonds. The van der Waals surface area contributed by atoms with E-state index in [1.165, 1.54) is 0 Å². The van der Waals surface area contributed by atoms with Crippen LogP contribution in [0.2, 0.25) is 0 Å².